The molecule has 146 valence electrons. The number of carbonyl (C=O) groups is 1. The van der Waals surface area contributed by atoms with Gasteiger partial charge in [-0.15, -0.1) is 18.0 Å². The van der Waals surface area contributed by atoms with Gasteiger partial charge in [0.25, 0.3) is 15.9 Å². The molecule has 2 aromatic carbocycles. The number of benzene rings is 2. The Bertz CT molecular complexity index is 899. The van der Waals surface area contributed by atoms with Crippen LogP contribution in [0.2, 0.25) is 0 Å². The first-order chi connectivity index (χ1) is 12.6. The number of aryl methyl sites for hydroxylation is 1. The Morgan fingerprint density at radius 2 is 1.70 bits per heavy atom. The highest BCUT2D eigenvalue weighted by atomic mass is 32.2. The van der Waals surface area contributed by atoms with Gasteiger partial charge in [-0.25, -0.2) is 8.42 Å². The summed E-state index contributed by atoms with van der Waals surface area (Å²) in [6.45, 7) is 1.34. The third kappa shape index (κ3) is 6.46. The molecule has 0 saturated heterocycles. The molecule has 11 heteroatoms. The van der Waals surface area contributed by atoms with Gasteiger partial charge < -0.3 is 9.47 Å². The Hall–Kier alpha value is -2.79. The molecule has 0 aliphatic heterocycles. The van der Waals surface area contributed by atoms with Crippen LogP contribution in [0.15, 0.2) is 53.4 Å². The molecule has 0 heterocycles. The van der Waals surface area contributed by atoms with Crippen molar-refractivity contribution in [2.75, 3.05) is 6.61 Å². The summed E-state index contributed by atoms with van der Waals surface area (Å²) in [5.41, 5.74) is 2.75. The first-order valence-corrected chi connectivity index (χ1v) is 8.90. The number of rotatable bonds is 7. The van der Waals surface area contributed by atoms with Gasteiger partial charge in [0.05, 0.1) is 4.90 Å². The fourth-order valence-corrected chi connectivity index (χ4v) is 2.76. The van der Waals surface area contributed by atoms with Crippen LogP contribution >= 0.6 is 0 Å². The average Bonchev–Trinajstić information content (AvgIpc) is 2.58. The molecule has 0 aliphatic rings. The minimum absolute atomic E-state index is 0.364. The van der Waals surface area contributed by atoms with Crippen molar-refractivity contribution >= 4 is 15.9 Å². The standard InChI is InChI=1S/C16H15F3N2O5S/c1-11-4-2-3-5-14(11)25-10-15(22)20-21-27(23,24)13-8-6-12(7-9-13)26-16(17,18)19/h2-9,21H,10H2,1H3,(H,20,22). The molecule has 0 unspecified atom stereocenters. The highest BCUT2D eigenvalue weighted by Crippen LogP contribution is 2.23. The second kappa shape index (κ2) is 8.27. The largest absolute Gasteiger partial charge is 0.573 e. The maximum absolute atomic E-state index is 12.1. The molecule has 0 spiro atoms. The smallest absolute Gasteiger partial charge is 0.483 e. The zero-order valence-corrected chi connectivity index (χ0v) is 14.7. The van der Waals surface area contributed by atoms with Gasteiger partial charge in [0.15, 0.2) is 6.61 Å². The van der Waals surface area contributed by atoms with Gasteiger partial charge in [0.2, 0.25) is 0 Å². The quantitative estimate of drug-likeness (QED) is 0.691. The third-order valence-corrected chi connectivity index (χ3v) is 4.41. The third-order valence-electron chi connectivity index (χ3n) is 3.14. The molecule has 2 aromatic rings. The Morgan fingerprint density at radius 1 is 1.07 bits per heavy atom. The molecule has 0 saturated carbocycles. The van der Waals surface area contributed by atoms with Crippen molar-refractivity contribution in [3.63, 3.8) is 0 Å². The molecular formula is C16H15F3N2O5S. The molecular weight excluding hydrogens is 389 g/mol. The molecule has 0 bridgehead atoms. The minimum atomic E-state index is -4.89. The molecule has 0 aliphatic carbocycles. The number of hydrazine groups is 1. The van der Waals surface area contributed by atoms with Crippen molar-refractivity contribution in [1.29, 1.82) is 0 Å². The summed E-state index contributed by atoms with van der Waals surface area (Å²) in [6, 6.07) is 10.4. The highest BCUT2D eigenvalue weighted by Gasteiger charge is 2.31. The van der Waals surface area contributed by atoms with Gasteiger partial charge in [0.1, 0.15) is 11.5 Å². The minimum Gasteiger partial charge on any atom is -0.483 e. The molecule has 0 aromatic heterocycles. The van der Waals surface area contributed by atoms with Crippen molar-refractivity contribution in [3.05, 3.63) is 54.1 Å². The molecule has 1 amide bonds. The van der Waals surface area contributed by atoms with E-state index in [2.05, 4.69) is 4.74 Å². The molecule has 0 radical (unpaired) electrons. The van der Waals surface area contributed by atoms with Crippen LogP contribution in [-0.2, 0) is 14.8 Å². The number of sulfonamides is 1. The van der Waals surface area contributed by atoms with E-state index in [1.54, 1.807) is 31.2 Å². The van der Waals surface area contributed by atoms with Crippen LogP contribution in [-0.4, -0.2) is 27.3 Å². The summed E-state index contributed by atoms with van der Waals surface area (Å²) in [4.78, 5) is 13.2. The first kappa shape index (κ1) is 20.5. The zero-order valence-electron chi connectivity index (χ0n) is 13.9. The van der Waals surface area contributed by atoms with Gasteiger partial charge in [-0.1, -0.05) is 18.2 Å². The summed E-state index contributed by atoms with van der Waals surface area (Å²) in [6.07, 6.45) is -4.89. The van der Waals surface area contributed by atoms with Crippen molar-refractivity contribution in [1.82, 2.24) is 10.3 Å². The van der Waals surface area contributed by atoms with Crippen LogP contribution in [0.25, 0.3) is 0 Å². The van der Waals surface area contributed by atoms with E-state index >= 15 is 0 Å². The summed E-state index contributed by atoms with van der Waals surface area (Å²) in [5.74, 6) is -0.869. The van der Waals surface area contributed by atoms with E-state index in [0.717, 1.165) is 29.8 Å². The number of para-hydroxylation sites is 1. The topological polar surface area (TPSA) is 93.7 Å². The van der Waals surface area contributed by atoms with Crippen LogP contribution in [0.4, 0.5) is 13.2 Å². The monoisotopic (exact) mass is 404 g/mol. The lowest BCUT2D eigenvalue weighted by Crippen LogP contribution is -2.43. The van der Waals surface area contributed by atoms with Crippen molar-refractivity contribution in [3.8, 4) is 11.5 Å². The predicted octanol–water partition coefficient (Wildman–Crippen LogP) is 2.28. The Kier molecular flexibility index (Phi) is 6.28. The second-order valence-corrected chi connectivity index (χ2v) is 6.91. The summed E-state index contributed by atoms with van der Waals surface area (Å²) in [5, 5.41) is 0. The number of alkyl halides is 3. The van der Waals surface area contributed by atoms with Gasteiger partial charge in [-0.2, -0.15) is 0 Å². The van der Waals surface area contributed by atoms with E-state index in [1.807, 2.05) is 10.3 Å². The van der Waals surface area contributed by atoms with E-state index in [1.165, 1.54) is 0 Å². The maximum atomic E-state index is 12.1. The maximum Gasteiger partial charge on any atom is 0.573 e. The fourth-order valence-electron chi connectivity index (χ4n) is 1.90. The van der Waals surface area contributed by atoms with Crippen LogP contribution in [0.1, 0.15) is 5.56 Å². The zero-order chi connectivity index (χ0) is 20.1. The van der Waals surface area contributed by atoms with E-state index in [0.29, 0.717) is 5.75 Å². The van der Waals surface area contributed by atoms with Crippen LogP contribution in [0, 0.1) is 6.92 Å². The average molecular weight is 404 g/mol. The number of hydrogen-bond donors (Lipinski definition) is 2. The predicted molar refractivity (Wildman–Crippen MR) is 88.3 cm³/mol. The lowest BCUT2D eigenvalue weighted by molar-refractivity contribution is -0.274. The summed E-state index contributed by atoms with van der Waals surface area (Å²) < 4.78 is 69.3. The molecule has 2 rings (SSSR count). The SMILES string of the molecule is Cc1ccccc1OCC(=O)NNS(=O)(=O)c1ccc(OC(F)(F)F)cc1. The Labute approximate surface area is 153 Å². The lowest BCUT2D eigenvalue weighted by Gasteiger charge is -2.11. The number of carbonyl (C=O) groups excluding carboxylic acids is 1. The summed E-state index contributed by atoms with van der Waals surface area (Å²) >= 11 is 0. The number of hydrogen-bond acceptors (Lipinski definition) is 5. The summed E-state index contributed by atoms with van der Waals surface area (Å²) in [7, 11) is -4.18. The Morgan fingerprint density at radius 3 is 2.30 bits per heavy atom. The number of ether oxygens (including phenoxy) is 2. The first-order valence-electron chi connectivity index (χ1n) is 7.42. The van der Waals surface area contributed by atoms with Gasteiger partial charge in [0, 0.05) is 0 Å². The van der Waals surface area contributed by atoms with Crippen molar-refractivity contribution in [2.45, 2.75) is 18.2 Å². The van der Waals surface area contributed by atoms with Crippen molar-refractivity contribution < 1.29 is 35.9 Å². The highest BCUT2D eigenvalue weighted by molar-refractivity contribution is 7.89. The van der Waals surface area contributed by atoms with Crippen LogP contribution in [0.5, 0.6) is 11.5 Å². The van der Waals surface area contributed by atoms with Gasteiger partial charge in [-0.3, -0.25) is 10.2 Å². The number of halogens is 3. The van der Waals surface area contributed by atoms with Gasteiger partial charge in [-0.05, 0) is 42.8 Å². The van der Waals surface area contributed by atoms with E-state index in [-0.39, 0.29) is 4.90 Å². The Balaban J connectivity index is 1.90. The fraction of sp³-hybridized carbons (Fsp3) is 0.188. The van der Waals surface area contributed by atoms with E-state index < -0.39 is 34.6 Å². The van der Waals surface area contributed by atoms with Gasteiger partial charge >= 0.3 is 6.36 Å². The molecule has 7 nitrogen and oxygen atoms in total. The second-order valence-electron chi connectivity index (χ2n) is 5.23. The van der Waals surface area contributed by atoms with E-state index in [4.69, 9.17) is 4.74 Å². The number of nitrogens with one attached hydrogen (secondary N) is 2. The molecule has 27 heavy (non-hydrogen) atoms. The van der Waals surface area contributed by atoms with Crippen molar-refractivity contribution in [2.24, 2.45) is 0 Å². The molecule has 0 atom stereocenters. The van der Waals surface area contributed by atoms with E-state index in [9.17, 15) is 26.4 Å². The van der Waals surface area contributed by atoms with Crippen LogP contribution < -0.4 is 19.7 Å². The lowest BCUT2D eigenvalue weighted by atomic mass is 10.2. The van der Waals surface area contributed by atoms with Crippen LogP contribution in [0.3, 0.4) is 0 Å². The molecule has 0 fully saturated rings. The normalized spacial score (nSPS) is 11.7. The number of amides is 1. The molecule has 2 N–H and O–H groups in total.